The summed E-state index contributed by atoms with van der Waals surface area (Å²) < 4.78 is 0. The maximum Gasteiger partial charge on any atom is 0.132 e. The summed E-state index contributed by atoms with van der Waals surface area (Å²) in [5.74, 6) is 1.76. The van der Waals surface area contributed by atoms with Crippen LogP contribution in [0.15, 0.2) is 24.3 Å². The van der Waals surface area contributed by atoms with Crippen molar-refractivity contribution in [2.45, 2.75) is 43.9 Å². The number of nitrogens with zero attached hydrogens (tertiary/aromatic N) is 1. The summed E-state index contributed by atoms with van der Waals surface area (Å²) in [7, 11) is 2.20. The Morgan fingerprint density at radius 1 is 1.05 bits per heavy atom. The van der Waals surface area contributed by atoms with Gasteiger partial charge in [-0.2, -0.15) is 0 Å². The van der Waals surface area contributed by atoms with Crippen LogP contribution in [0, 0.1) is 0 Å². The van der Waals surface area contributed by atoms with Crippen LogP contribution in [0.4, 0.5) is 0 Å². The molecule has 2 heteroatoms. The van der Waals surface area contributed by atoms with Gasteiger partial charge in [-0.25, -0.2) is 0 Å². The van der Waals surface area contributed by atoms with Crippen LogP contribution in [0.2, 0.25) is 0 Å². The normalized spacial score (nSPS) is 25.9. The van der Waals surface area contributed by atoms with Crippen LogP contribution in [0.1, 0.15) is 55.1 Å². The molecular formula is C17H23NO. The fraction of sp³-hybridized carbons (Fsp3) is 0.588. The second-order valence-corrected chi connectivity index (χ2v) is 6.23. The third-order valence-electron chi connectivity index (χ3n) is 4.79. The fourth-order valence-electron chi connectivity index (χ4n) is 3.55. The molecule has 2 fully saturated rings. The first kappa shape index (κ1) is 12.9. The summed E-state index contributed by atoms with van der Waals surface area (Å²) in [6.45, 7) is 2.40. The van der Waals surface area contributed by atoms with Crippen LogP contribution < -0.4 is 0 Å². The number of likely N-dealkylation sites (N-methyl/N-ethyl adjacent to an activating group) is 1. The zero-order valence-corrected chi connectivity index (χ0v) is 11.8. The smallest absolute Gasteiger partial charge is 0.132 e. The predicted octanol–water partition coefficient (Wildman–Crippen LogP) is 3.33. The van der Waals surface area contributed by atoms with Crippen LogP contribution in [0.25, 0.3) is 0 Å². The number of Topliss-reactive ketones (excluding diaryl/α,β-unsaturated/α-hetero) is 1. The van der Waals surface area contributed by atoms with Crippen molar-refractivity contribution in [2.24, 2.45) is 0 Å². The van der Waals surface area contributed by atoms with E-state index in [1.807, 2.05) is 0 Å². The Bertz CT molecular complexity index is 458. The van der Waals surface area contributed by atoms with Crippen molar-refractivity contribution < 1.29 is 4.79 Å². The Kier molecular flexibility index (Phi) is 3.69. The van der Waals surface area contributed by atoms with E-state index >= 15 is 0 Å². The monoisotopic (exact) mass is 257 g/mol. The number of ketones is 1. The highest BCUT2D eigenvalue weighted by atomic mass is 16.1. The number of carbonyl (C=O) groups is 1. The van der Waals surface area contributed by atoms with Gasteiger partial charge in [-0.1, -0.05) is 24.3 Å². The SMILES string of the molecule is CN1CCC(c2cccc(C3CCC(=O)CC3)c2)C1. The molecule has 1 heterocycles. The van der Waals surface area contributed by atoms with E-state index in [4.69, 9.17) is 0 Å². The lowest BCUT2D eigenvalue weighted by molar-refractivity contribution is -0.120. The van der Waals surface area contributed by atoms with Gasteiger partial charge in [-0.3, -0.25) is 4.79 Å². The van der Waals surface area contributed by atoms with E-state index in [2.05, 4.69) is 36.2 Å². The molecule has 1 atom stereocenters. The number of likely N-dealkylation sites (tertiary alicyclic amines) is 1. The molecule has 1 saturated carbocycles. The van der Waals surface area contributed by atoms with Gasteiger partial charge in [-0.05, 0) is 55.8 Å². The molecule has 1 aliphatic heterocycles. The first-order valence-electron chi connectivity index (χ1n) is 7.52. The van der Waals surface area contributed by atoms with Gasteiger partial charge in [0.2, 0.25) is 0 Å². The molecule has 2 nitrogen and oxygen atoms in total. The summed E-state index contributed by atoms with van der Waals surface area (Å²) in [6.07, 6.45) is 4.94. The van der Waals surface area contributed by atoms with Crippen LogP contribution in [0.5, 0.6) is 0 Å². The third-order valence-corrected chi connectivity index (χ3v) is 4.79. The highest BCUT2D eigenvalue weighted by Gasteiger charge is 2.23. The average molecular weight is 257 g/mol. The minimum Gasteiger partial charge on any atom is -0.306 e. The van der Waals surface area contributed by atoms with Gasteiger partial charge in [0.15, 0.2) is 0 Å². The van der Waals surface area contributed by atoms with Gasteiger partial charge in [0, 0.05) is 19.4 Å². The average Bonchev–Trinajstić information content (AvgIpc) is 2.86. The van der Waals surface area contributed by atoms with Gasteiger partial charge >= 0.3 is 0 Å². The van der Waals surface area contributed by atoms with Crippen molar-refractivity contribution in [2.75, 3.05) is 20.1 Å². The molecular weight excluding hydrogens is 234 g/mol. The summed E-state index contributed by atoms with van der Waals surface area (Å²) in [5.41, 5.74) is 2.96. The number of hydrogen-bond acceptors (Lipinski definition) is 2. The number of rotatable bonds is 2. The second-order valence-electron chi connectivity index (χ2n) is 6.23. The maximum absolute atomic E-state index is 11.3. The van der Waals surface area contributed by atoms with E-state index in [1.54, 1.807) is 0 Å². The van der Waals surface area contributed by atoms with Gasteiger partial charge in [0.25, 0.3) is 0 Å². The van der Waals surface area contributed by atoms with Crippen molar-refractivity contribution in [3.63, 3.8) is 0 Å². The molecule has 1 aromatic rings. The van der Waals surface area contributed by atoms with Crippen molar-refractivity contribution in [1.29, 1.82) is 0 Å². The lowest BCUT2D eigenvalue weighted by atomic mass is 9.82. The molecule has 1 aliphatic carbocycles. The molecule has 0 bridgehead atoms. The highest BCUT2D eigenvalue weighted by Crippen LogP contribution is 2.34. The van der Waals surface area contributed by atoms with Crippen molar-refractivity contribution in [3.8, 4) is 0 Å². The molecule has 0 amide bonds. The maximum atomic E-state index is 11.3. The van der Waals surface area contributed by atoms with Crippen LogP contribution >= 0.6 is 0 Å². The lowest BCUT2D eigenvalue weighted by Gasteiger charge is -2.22. The Hall–Kier alpha value is -1.15. The quantitative estimate of drug-likeness (QED) is 0.810. The molecule has 0 aromatic heterocycles. The van der Waals surface area contributed by atoms with E-state index in [1.165, 1.54) is 30.6 Å². The number of hydrogen-bond donors (Lipinski definition) is 0. The Labute approximate surface area is 115 Å². The van der Waals surface area contributed by atoms with Gasteiger partial charge in [-0.15, -0.1) is 0 Å². The van der Waals surface area contributed by atoms with Crippen LogP contribution in [-0.4, -0.2) is 30.8 Å². The molecule has 1 aromatic carbocycles. The summed E-state index contributed by atoms with van der Waals surface area (Å²) in [4.78, 5) is 13.8. The van der Waals surface area contributed by atoms with E-state index in [0.29, 0.717) is 17.6 Å². The molecule has 0 spiro atoms. The van der Waals surface area contributed by atoms with Gasteiger partial charge in [0.1, 0.15) is 5.78 Å². The van der Waals surface area contributed by atoms with Gasteiger partial charge < -0.3 is 4.90 Å². The van der Waals surface area contributed by atoms with Gasteiger partial charge in [0.05, 0.1) is 0 Å². The summed E-state index contributed by atoms with van der Waals surface area (Å²) in [5, 5.41) is 0. The van der Waals surface area contributed by atoms with E-state index in [-0.39, 0.29) is 0 Å². The van der Waals surface area contributed by atoms with Crippen LogP contribution in [0.3, 0.4) is 0 Å². The zero-order chi connectivity index (χ0) is 13.2. The molecule has 0 N–H and O–H groups in total. The second kappa shape index (κ2) is 5.46. The highest BCUT2D eigenvalue weighted by molar-refractivity contribution is 5.79. The minimum absolute atomic E-state index is 0.449. The van der Waals surface area contributed by atoms with Crippen molar-refractivity contribution >= 4 is 5.78 Å². The molecule has 1 saturated heterocycles. The molecule has 2 aliphatic rings. The van der Waals surface area contributed by atoms with E-state index < -0.39 is 0 Å². The fourth-order valence-corrected chi connectivity index (χ4v) is 3.55. The largest absolute Gasteiger partial charge is 0.306 e. The minimum atomic E-state index is 0.449. The molecule has 3 rings (SSSR count). The molecule has 1 unspecified atom stereocenters. The van der Waals surface area contributed by atoms with Crippen molar-refractivity contribution in [3.05, 3.63) is 35.4 Å². The van der Waals surface area contributed by atoms with E-state index in [9.17, 15) is 4.79 Å². The Balaban J connectivity index is 1.74. The van der Waals surface area contributed by atoms with Crippen molar-refractivity contribution in [1.82, 2.24) is 4.90 Å². The first-order chi connectivity index (χ1) is 9.22. The zero-order valence-electron chi connectivity index (χ0n) is 11.8. The number of benzene rings is 1. The molecule has 19 heavy (non-hydrogen) atoms. The molecule has 102 valence electrons. The first-order valence-corrected chi connectivity index (χ1v) is 7.52. The summed E-state index contributed by atoms with van der Waals surface area (Å²) in [6, 6.07) is 9.15. The van der Waals surface area contributed by atoms with Crippen LogP contribution in [-0.2, 0) is 4.79 Å². The number of carbonyl (C=O) groups excluding carboxylic acids is 1. The molecule has 0 radical (unpaired) electrons. The van der Waals surface area contributed by atoms with E-state index in [0.717, 1.165) is 25.7 Å². The summed E-state index contributed by atoms with van der Waals surface area (Å²) >= 11 is 0. The topological polar surface area (TPSA) is 20.3 Å². The predicted molar refractivity (Wildman–Crippen MR) is 77.5 cm³/mol. The third kappa shape index (κ3) is 2.89. The Morgan fingerprint density at radius 3 is 2.37 bits per heavy atom. The lowest BCUT2D eigenvalue weighted by Crippen LogP contribution is -2.14. The standard InChI is InChI=1S/C17H23NO/c1-18-10-9-16(12-18)15-4-2-3-14(11-15)13-5-7-17(19)8-6-13/h2-4,11,13,16H,5-10,12H2,1H3. The Morgan fingerprint density at radius 2 is 1.74 bits per heavy atom.